The number of thioether (sulfide) groups is 1. The summed E-state index contributed by atoms with van der Waals surface area (Å²) < 4.78 is 2.37. The predicted molar refractivity (Wildman–Crippen MR) is 123 cm³/mol. The Morgan fingerprint density at radius 1 is 1.21 bits per heavy atom. The summed E-state index contributed by atoms with van der Waals surface area (Å²) in [5.74, 6) is 0. The average molecular weight is 405 g/mol. The summed E-state index contributed by atoms with van der Waals surface area (Å²) in [4.78, 5) is 11.0. The van der Waals surface area contributed by atoms with Crippen LogP contribution < -0.4 is 0 Å². The van der Waals surface area contributed by atoms with Crippen molar-refractivity contribution in [2.24, 2.45) is 4.99 Å². The zero-order valence-electron chi connectivity index (χ0n) is 17.2. The first kappa shape index (κ1) is 19.9. The molecule has 150 valence electrons. The lowest BCUT2D eigenvalue weighted by molar-refractivity contribution is 0.743. The largest absolute Gasteiger partial charge is 0.342 e. The second-order valence-corrected chi connectivity index (χ2v) is 8.96. The van der Waals surface area contributed by atoms with Crippen LogP contribution in [0.15, 0.2) is 63.6 Å². The Balaban J connectivity index is 1.68. The van der Waals surface area contributed by atoms with Crippen LogP contribution >= 0.6 is 11.8 Å². The Morgan fingerprint density at radius 2 is 2.07 bits per heavy atom. The average Bonchev–Trinajstić information content (AvgIpc) is 3.12. The van der Waals surface area contributed by atoms with Crippen molar-refractivity contribution in [1.82, 2.24) is 9.55 Å². The molecule has 0 spiro atoms. The second kappa shape index (κ2) is 8.95. The second-order valence-electron chi connectivity index (χ2n) is 7.84. The molecule has 4 rings (SSSR count). The van der Waals surface area contributed by atoms with Crippen molar-refractivity contribution >= 4 is 23.2 Å². The van der Waals surface area contributed by atoms with Gasteiger partial charge in [-0.1, -0.05) is 12.1 Å². The smallest absolute Gasteiger partial charge is 0.0895 e. The lowest BCUT2D eigenvalue weighted by Gasteiger charge is -2.20. The van der Waals surface area contributed by atoms with Crippen molar-refractivity contribution in [1.29, 1.82) is 5.41 Å². The molecular weight excluding hydrogens is 376 g/mol. The summed E-state index contributed by atoms with van der Waals surface area (Å²) in [6.45, 7) is 5.18. The Labute approximate surface area is 177 Å². The first-order chi connectivity index (χ1) is 14.1. The molecule has 29 heavy (non-hydrogen) atoms. The molecule has 0 saturated heterocycles. The zero-order valence-corrected chi connectivity index (χ0v) is 18.0. The molecule has 2 aromatic heterocycles. The zero-order chi connectivity index (χ0) is 20.2. The molecule has 0 fully saturated rings. The van der Waals surface area contributed by atoms with Crippen LogP contribution in [0.3, 0.4) is 0 Å². The number of aryl methyl sites for hydroxylation is 1. The van der Waals surface area contributed by atoms with Gasteiger partial charge in [0.25, 0.3) is 0 Å². The van der Waals surface area contributed by atoms with E-state index in [1.165, 1.54) is 21.7 Å². The minimum atomic E-state index is 0.00560. The Bertz CT molecular complexity index is 982. The van der Waals surface area contributed by atoms with Gasteiger partial charge in [0.1, 0.15) is 0 Å². The predicted octanol–water partition coefficient (Wildman–Crippen LogP) is 6.10. The summed E-state index contributed by atoms with van der Waals surface area (Å²) in [7, 11) is 0. The highest BCUT2D eigenvalue weighted by molar-refractivity contribution is 8.05. The van der Waals surface area contributed by atoms with E-state index >= 15 is 0 Å². The highest BCUT2D eigenvalue weighted by Gasteiger charge is 2.21. The van der Waals surface area contributed by atoms with E-state index in [1.54, 1.807) is 0 Å². The molecule has 2 aromatic rings. The van der Waals surface area contributed by atoms with Gasteiger partial charge in [-0.2, -0.15) is 0 Å². The first-order valence-corrected chi connectivity index (χ1v) is 11.2. The van der Waals surface area contributed by atoms with Crippen LogP contribution in [0.2, 0.25) is 0 Å². The Kier molecular flexibility index (Phi) is 6.14. The van der Waals surface area contributed by atoms with Gasteiger partial charge >= 0.3 is 0 Å². The van der Waals surface area contributed by atoms with Gasteiger partial charge in [0.2, 0.25) is 0 Å². The molecule has 0 radical (unpaired) electrons. The Hall–Kier alpha value is -2.40. The van der Waals surface area contributed by atoms with Gasteiger partial charge in [-0.15, -0.1) is 11.8 Å². The number of rotatable bonds is 4. The number of allylic oxidation sites excluding steroid dienone is 3. The van der Waals surface area contributed by atoms with Gasteiger partial charge in [-0.25, -0.2) is 0 Å². The minimum Gasteiger partial charge on any atom is -0.342 e. The molecule has 0 bridgehead atoms. The monoisotopic (exact) mass is 404 g/mol. The maximum atomic E-state index is 8.24. The molecule has 4 nitrogen and oxygen atoms in total. The number of aromatic nitrogens is 2. The van der Waals surface area contributed by atoms with E-state index in [2.05, 4.69) is 47.1 Å². The van der Waals surface area contributed by atoms with Crippen LogP contribution in [0.1, 0.15) is 62.5 Å². The third kappa shape index (κ3) is 4.78. The van der Waals surface area contributed by atoms with Crippen molar-refractivity contribution in [2.75, 3.05) is 0 Å². The van der Waals surface area contributed by atoms with Crippen LogP contribution in [0.25, 0.3) is 0 Å². The molecule has 0 amide bonds. The first-order valence-electron chi connectivity index (χ1n) is 10.3. The van der Waals surface area contributed by atoms with Crippen molar-refractivity contribution < 1.29 is 0 Å². The summed E-state index contributed by atoms with van der Waals surface area (Å²) in [5, 5.41) is 10.5. The Morgan fingerprint density at radius 3 is 2.83 bits per heavy atom. The molecule has 0 saturated carbocycles. The van der Waals surface area contributed by atoms with Crippen LogP contribution in [0.4, 0.5) is 0 Å². The SMILES string of the molecule is CC1=CCC(Cn2ccc3c2C(=NC(C)c2ccccn2)CCC(=N)CC3)=CS1. The van der Waals surface area contributed by atoms with Crippen LogP contribution in [0.5, 0.6) is 0 Å². The highest BCUT2D eigenvalue weighted by Crippen LogP contribution is 2.29. The van der Waals surface area contributed by atoms with E-state index in [9.17, 15) is 0 Å². The maximum absolute atomic E-state index is 8.24. The van der Waals surface area contributed by atoms with E-state index in [0.29, 0.717) is 0 Å². The summed E-state index contributed by atoms with van der Waals surface area (Å²) in [6, 6.07) is 8.23. The van der Waals surface area contributed by atoms with E-state index < -0.39 is 0 Å². The molecule has 1 N–H and O–H groups in total. The molecule has 2 aliphatic rings. The number of hydrogen-bond donors (Lipinski definition) is 1. The lowest BCUT2D eigenvalue weighted by atomic mass is 9.95. The van der Waals surface area contributed by atoms with Gasteiger partial charge < -0.3 is 9.98 Å². The van der Waals surface area contributed by atoms with Crippen LogP contribution in [-0.2, 0) is 13.0 Å². The number of nitrogens with zero attached hydrogens (tertiary/aromatic N) is 3. The fraction of sp³-hybridized carbons (Fsp3) is 0.375. The fourth-order valence-corrected chi connectivity index (χ4v) is 4.62. The van der Waals surface area contributed by atoms with Crippen molar-refractivity contribution in [3.8, 4) is 0 Å². The van der Waals surface area contributed by atoms with Gasteiger partial charge in [-0.3, -0.25) is 9.98 Å². The third-order valence-corrected chi connectivity index (χ3v) is 6.57. The lowest BCUT2D eigenvalue weighted by Crippen LogP contribution is -2.18. The summed E-state index contributed by atoms with van der Waals surface area (Å²) in [6.07, 6.45) is 10.7. The van der Waals surface area contributed by atoms with E-state index in [0.717, 1.165) is 55.8 Å². The van der Waals surface area contributed by atoms with Crippen LogP contribution in [-0.4, -0.2) is 21.0 Å². The minimum absolute atomic E-state index is 0.00560. The third-order valence-electron chi connectivity index (χ3n) is 5.58. The van der Waals surface area contributed by atoms with Crippen molar-refractivity contribution in [3.63, 3.8) is 0 Å². The number of aliphatic imine (C=N–C) groups is 1. The van der Waals surface area contributed by atoms with Gasteiger partial charge in [0.05, 0.1) is 23.1 Å². The molecule has 3 heterocycles. The topological polar surface area (TPSA) is 54.0 Å². The number of hydrogen-bond acceptors (Lipinski definition) is 4. The molecule has 1 aliphatic heterocycles. The quantitative estimate of drug-likeness (QED) is 0.669. The maximum Gasteiger partial charge on any atom is 0.0895 e. The number of pyridine rings is 1. The van der Waals surface area contributed by atoms with Crippen molar-refractivity contribution in [2.45, 2.75) is 58.5 Å². The molecule has 1 atom stereocenters. The number of fused-ring (bicyclic) bond motifs is 1. The normalized spacial score (nSPS) is 19.8. The van der Waals surface area contributed by atoms with Crippen LogP contribution in [0, 0.1) is 5.41 Å². The molecular formula is C24H28N4S. The van der Waals surface area contributed by atoms with E-state index in [4.69, 9.17) is 10.4 Å². The highest BCUT2D eigenvalue weighted by atomic mass is 32.2. The summed E-state index contributed by atoms with van der Waals surface area (Å²) >= 11 is 1.82. The molecule has 5 heteroatoms. The number of nitrogens with one attached hydrogen (secondary N) is 1. The summed E-state index contributed by atoms with van der Waals surface area (Å²) in [5.41, 5.74) is 6.95. The van der Waals surface area contributed by atoms with Gasteiger partial charge in [-0.05, 0) is 85.6 Å². The molecule has 1 aliphatic carbocycles. The fourth-order valence-electron chi connectivity index (χ4n) is 3.92. The van der Waals surface area contributed by atoms with Gasteiger partial charge in [0, 0.05) is 24.7 Å². The van der Waals surface area contributed by atoms with Crippen molar-refractivity contribution in [3.05, 3.63) is 75.6 Å². The standard InChI is InChI=1S/C24H28N4S/c1-17-6-7-19(16-29-17)15-28-14-12-20-8-9-21(25)10-11-23(24(20)28)27-18(2)22-5-3-4-13-26-22/h3-6,12-14,16,18,25H,7-11,15H2,1-2H3. The van der Waals surface area contributed by atoms with Gasteiger partial charge in [0.15, 0.2) is 0 Å². The molecule has 0 aromatic carbocycles. The van der Waals surface area contributed by atoms with E-state index in [-0.39, 0.29) is 6.04 Å². The van der Waals surface area contributed by atoms with E-state index in [1.807, 2.05) is 36.2 Å². The molecule has 1 unspecified atom stereocenters.